The third kappa shape index (κ3) is 6.96. The van der Waals surface area contributed by atoms with Gasteiger partial charge in [-0.3, -0.25) is 9.69 Å². The molecule has 0 N–H and O–H groups in total. The lowest BCUT2D eigenvalue weighted by Crippen LogP contribution is -2.47. The summed E-state index contributed by atoms with van der Waals surface area (Å²) in [6.45, 7) is 8.74. The molecule has 182 valence electrons. The number of aryl methyl sites for hydroxylation is 2. The minimum absolute atomic E-state index is 0.0496. The Morgan fingerprint density at radius 1 is 0.914 bits per heavy atom. The van der Waals surface area contributed by atoms with E-state index < -0.39 is 0 Å². The monoisotopic (exact) mass is 470 g/mol. The Kier molecular flexibility index (Phi) is 8.22. The fourth-order valence-electron chi connectivity index (χ4n) is 4.35. The predicted octanol–water partition coefficient (Wildman–Crippen LogP) is 5.25. The Bertz CT molecular complexity index is 1180. The average molecular weight is 471 g/mol. The Morgan fingerprint density at radius 3 is 2.37 bits per heavy atom. The number of benzene rings is 3. The molecule has 1 saturated heterocycles. The second kappa shape index (κ2) is 11.7. The third-order valence-corrected chi connectivity index (χ3v) is 6.28. The number of carbonyl (C=O) groups is 1. The second-order valence-corrected chi connectivity index (χ2v) is 9.10. The first-order valence-electron chi connectivity index (χ1n) is 12.1. The summed E-state index contributed by atoms with van der Waals surface area (Å²) in [6.07, 6.45) is 3.54. The van der Waals surface area contributed by atoms with Crippen LogP contribution in [-0.4, -0.2) is 49.0 Å². The first-order chi connectivity index (χ1) is 17.0. The van der Waals surface area contributed by atoms with Crippen molar-refractivity contribution in [2.24, 2.45) is 0 Å². The van der Waals surface area contributed by atoms with Gasteiger partial charge in [-0.05, 0) is 60.9 Å². The molecule has 1 aliphatic rings. The van der Waals surface area contributed by atoms with Crippen LogP contribution in [-0.2, 0) is 17.9 Å². The molecule has 1 fully saturated rings. The zero-order chi connectivity index (χ0) is 24.6. The van der Waals surface area contributed by atoms with E-state index in [2.05, 4.69) is 36.1 Å². The minimum atomic E-state index is 0.0496. The molecule has 0 spiro atoms. The second-order valence-electron chi connectivity index (χ2n) is 9.10. The summed E-state index contributed by atoms with van der Waals surface area (Å²) < 4.78 is 11.5. The number of nitrogens with zero attached hydrogens (tertiary/aromatic N) is 2. The van der Waals surface area contributed by atoms with Crippen molar-refractivity contribution in [3.63, 3.8) is 0 Å². The van der Waals surface area contributed by atoms with Crippen LogP contribution >= 0.6 is 0 Å². The number of amides is 1. The summed E-state index contributed by atoms with van der Waals surface area (Å²) in [4.78, 5) is 17.1. The van der Waals surface area contributed by atoms with Crippen LogP contribution in [0.2, 0.25) is 0 Å². The SMILES string of the molecule is COc1ccc(/C=C/C(=O)N2CCN(Cc3cccc(C)c3)CC2)cc1COc1cccc(C)c1. The normalized spacial score (nSPS) is 14.3. The Hall–Kier alpha value is -3.57. The minimum Gasteiger partial charge on any atom is -0.496 e. The highest BCUT2D eigenvalue weighted by molar-refractivity contribution is 5.91. The van der Waals surface area contributed by atoms with E-state index in [0.717, 1.165) is 60.9 Å². The van der Waals surface area contributed by atoms with Crippen LogP contribution in [0.4, 0.5) is 0 Å². The molecule has 0 aromatic heterocycles. The Balaban J connectivity index is 1.32. The van der Waals surface area contributed by atoms with E-state index in [9.17, 15) is 4.79 Å². The summed E-state index contributed by atoms with van der Waals surface area (Å²) in [6, 6.07) is 22.5. The van der Waals surface area contributed by atoms with Gasteiger partial charge in [-0.1, -0.05) is 48.0 Å². The number of hydrogen-bond acceptors (Lipinski definition) is 4. The van der Waals surface area contributed by atoms with Gasteiger partial charge in [-0.2, -0.15) is 0 Å². The molecule has 0 aliphatic carbocycles. The van der Waals surface area contributed by atoms with Crippen molar-refractivity contribution in [3.05, 3.63) is 101 Å². The van der Waals surface area contributed by atoms with Gasteiger partial charge in [-0.25, -0.2) is 0 Å². The number of hydrogen-bond donors (Lipinski definition) is 0. The highest BCUT2D eigenvalue weighted by atomic mass is 16.5. The molecule has 0 radical (unpaired) electrons. The first-order valence-corrected chi connectivity index (χ1v) is 12.1. The van der Waals surface area contributed by atoms with Gasteiger partial charge in [0, 0.05) is 44.4 Å². The molecule has 35 heavy (non-hydrogen) atoms. The van der Waals surface area contributed by atoms with Crippen molar-refractivity contribution in [2.75, 3.05) is 33.3 Å². The average Bonchev–Trinajstić information content (AvgIpc) is 2.86. The molecule has 1 heterocycles. The smallest absolute Gasteiger partial charge is 0.246 e. The molecular weight excluding hydrogens is 436 g/mol. The summed E-state index contributed by atoms with van der Waals surface area (Å²) in [7, 11) is 1.66. The van der Waals surface area contributed by atoms with Crippen molar-refractivity contribution in [3.8, 4) is 11.5 Å². The van der Waals surface area contributed by atoms with Crippen molar-refractivity contribution < 1.29 is 14.3 Å². The van der Waals surface area contributed by atoms with Crippen molar-refractivity contribution in [2.45, 2.75) is 27.0 Å². The van der Waals surface area contributed by atoms with Crippen LogP contribution in [0, 0.1) is 13.8 Å². The van der Waals surface area contributed by atoms with E-state index in [1.54, 1.807) is 13.2 Å². The number of ether oxygens (including phenoxy) is 2. The summed E-state index contributed by atoms with van der Waals surface area (Å²) in [5.74, 6) is 1.64. The quantitative estimate of drug-likeness (QED) is 0.422. The predicted molar refractivity (Wildman–Crippen MR) is 141 cm³/mol. The molecule has 3 aromatic carbocycles. The van der Waals surface area contributed by atoms with Gasteiger partial charge in [0.1, 0.15) is 18.1 Å². The van der Waals surface area contributed by atoms with E-state index >= 15 is 0 Å². The maximum Gasteiger partial charge on any atom is 0.246 e. The zero-order valence-electron chi connectivity index (χ0n) is 20.9. The number of rotatable bonds is 8. The van der Waals surface area contributed by atoms with Gasteiger partial charge < -0.3 is 14.4 Å². The van der Waals surface area contributed by atoms with Gasteiger partial charge in [0.2, 0.25) is 5.91 Å². The van der Waals surface area contributed by atoms with E-state index in [0.29, 0.717) is 6.61 Å². The molecule has 0 saturated carbocycles. The van der Waals surface area contributed by atoms with Gasteiger partial charge in [0.15, 0.2) is 0 Å². The molecule has 3 aromatic rings. The largest absolute Gasteiger partial charge is 0.496 e. The number of methoxy groups -OCH3 is 1. The van der Waals surface area contributed by atoms with E-state index in [1.807, 2.05) is 60.4 Å². The highest BCUT2D eigenvalue weighted by Crippen LogP contribution is 2.23. The van der Waals surface area contributed by atoms with Crippen LogP contribution in [0.5, 0.6) is 11.5 Å². The molecule has 1 aliphatic heterocycles. The molecule has 0 atom stereocenters. The van der Waals surface area contributed by atoms with Gasteiger partial charge >= 0.3 is 0 Å². The van der Waals surface area contributed by atoms with Gasteiger partial charge in [-0.15, -0.1) is 0 Å². The molecule has 1 amide bonds. The van der Waals surface area contributed by atoms with Gasteiger partial charge in [0.25, 0.3) is 0 Å². The van der Waals surface area contributed by atoms with E-state index in [4.69, 9.17) is 9.47 Å². The fourth-order valence-corrected chi connectivity index (χ4v) is 4.35. The van der Waals surface area contributed by atoms with Crippen molar-refractivity contribution in [1.29, 1.82) is 0 Å². The fraction of sp³-hybridized carbons (Fsp3) is 0.300. The summed E-state index contributed by atoms with van der Waals surface area (Å²) >= 11 is 0. The molecule has 0 unspecified atom stereocenters. The molecule has 5 nitrogen and oxygen atoms in total. The lowest BCUT2D eigenvalue weighted by atomic mass is 10.1. The lowest BCUT2D eigenvalue weighted by Gasteiger charge is -2.34. The first kappa shape index (κ1) is 24.6. The number of piperazine rings is 1. The van der Waals surface area contributed by atoms with Crippen molar-refractivity contribution >= 4 is 12.0 Å². The van der Waals surface area contributed by atoms with E-state index in [1.165, 1.54) is 11.1 Å². The lowest BCUT2D eigenvalue weighted by molar-refractivity contribution is -0.127. The zero-order valence-corrected chi connectivity index (χ0v) is 20.9. The van der Waals surface area contributed by atoms with Gasteiger partial charge in [0.05, 0.1) is 7.11 Å². The highest BCUT2D eigenvalue weighted by Gasteiger charge is 2.19. The molecule has 0 bridgehead atoms. The summed E-state index contributed by atoms with van der Waals surface area (Å²) in [5, 5.41) is 0. The van der Waals surface area contributed by atoms with Crippen LogP contribution in [0.1, 0.15) is 27.8 Å². The Labute approximate surface area is 208 Å². The van der Waals surface area contributed by atoms with Crippen LogP contribution < -0.4 is 9.47 Å². The standard InChI is InChI=1S/C30H34N2O3/c1-23-6-4-8-26(18-23)21-31-14-16-32(17-15-31)30(33)13-11-25-10-12-29(34-3)27(20-25)22-35-28-9-5-7-24(2)19-28/h4-13,18-20H,14-17,21-22H2,1-3H3/b13-11+. The van der Waals surface area contributed by atoms with Crippen LogP contribution in [0.3, 0.4) is 0 Å². The maximum atomic E-state index is 12.8. The Morgan fingerprint density at radius 2 is 1.66 bits per heavy atom. The number of carbonyl (C=O) groups excluding carboxylic acids is 1. The molecule has 4 rings (SSSR count). The maximum absolute atomic E-state index is 12.8. The molecular formula is C30H34N2O3. The van der Waals surface area contributed by atoms with E-state index in [-0.39, 0.29) is 5.91 Å². The van der Waals surface area contributed by atoms with Crippen LogP contribution in [0.25, 0.3) is 6.08 Å². The molecule has 5 heteroatoms. The summed E-state index contributed by atoms with van der Waals surface area (Å²) in [5.41, 5.74) is 5.64. The van der Waals surface area contributed by atoms with Crippen LogP contribution in [0.15, 0.2) is 72.8 Å². The third-order valence-electron chi connectivity index (χ3n) is 6.28. The topological polar surface area (TPSA) is 42.0 Å². The van der Waals surface area contributed by atoms with Crippen molar-refractivity contribution in [1.82, 2.24) is 9.80 Å².